The third kappa shape index (κ3) is 2.23. The first-order valence-corrected chi connectivity index (χ1v) is 6.34. The van der Waals surface area contributed by atoms with Crippen LogP contribution in [0, 0.1) is 0 Å². The molecule has 2 aliphatic carbocycles. The lowest BCUT2D eigenvalue weighted by Crippen LogP contribution is -2.03. The van der Waals surface area contributed by atoms with Gasteiger partial charge in [0, 0.05) is 0 Å². The highest BCUT2D eigenvalue weighted by Crippen LogP contribution is 2.36. The number of carbonyl (C=O) groups is 1. The van der Waals surface area contributed by atoms with E-state index >= 15 is 0 Å². The largest absolute Gasteiger partial charge is 0.462 e. The molecule has 0 heterocycles. The van der Waals surface area contributed by atoms with Crippen LogP contribution in [-0.4, -0.2) is 12.6 Å². The Hall–Kier alpha value is -1.83. The molecule has 0 amide bonds. The molecule has 0 spiro atoms. The molecule has 94 valence electrons. The fourth-order valence-electron chi connectivity index (χ4n) is 2.20. The van der Waals surface area contributed by atoms with Gasteiger partial charge in [0.2, 0.25) is 0 Å². The van der Waals surface area contributed by atoms with Gasteiger partial charge in [0.1, 0.15) is 0 Å². The Morgan fingerprint density at radius 3 is 2.44 bits per heavy atom. The summed E-state index contributed by atoms with van der Waals surface area (Å²) in [7, 11) is 0. The number of carbonyl (C=O) groups excluding carboxylic acids is 1. The van der Waals surface area contributed by atoms with Crippen molar-refractivity contribution in [2.24, 2.45) is 0 Å². The van der Waals surface area contributed by atoms with Crippen molar-refractivity contribution in [2.75, 3.05) is 6.61 Å². The summed E-state index contributed by atoms with van der Waals surface area (Å²) in [6.07, 6.45) is 0. The predicted octanol–water partition coefficient (Wildman–Crippen LogP) is 4.09. The predicted molar refractivity (Wildman–Crippen MR) is 73.1 cm³/mol. The van der Waals surface area contributed by atoms with Crippen LogP contribution in [-0.2, 0) is 4.74 Å². The minimum Gasteiger partial charge on any atom is -0.462 e. The molecule has 18 heavy (non-hydrogen) atoms. The summed E-state index contributed by atoms with van der Waals surface area (Å²) in [5, 5.41) is 0. The number of rotatable bonds is 3. The molecule has 0 aromatic rings. The van der Waals surface area contributed by atoms with Gasteiger partial charge in [0.15, 0.2) is 0 Å². The molecule has 2 nitrogen and oxygen atoms in total. The second kappa shape index (κ2) is 5.21. The van der Waals surface area contributed by atoms with Crippen LogP contribution in [0.25, 0.3) is 11.1 Å². The Kier molecular flexibility index (Phi) is 3.66. The van der Waals surface area contributed by atoms with Crippen LogP contribution in [0.1, 0.15) is 42.6 Å². The zero-order valence-electron chi connectivity index (χ0n) is 11.1. The van der Waals surface area contributed by atoms with E-state index in [2.05, 4.69) is 19.9 Å². The zero-order valence-corrected chi connectivity index (χ0v) is 11.1. The third-order valence-electron chi connectivity index (χ3n) is 3.06. The first kappa shape index (κ1) is 12.6. The van der Waals surface area contributed by atoms with Gasteiger partial charge in [0.05, 0.1) is 12.2 Å². The van der Waals surface area contributed by atoms with Crippen molar-refractivity contribution in [1.82, 2.24) is 0 Å². The van der Waals surface area contributed by atoms with Crippen molar-refractivity contribution in [1.29, 1.82) is 0 Å². The molecule has 2 heteroatoms. The molecule has 2 aliphatic rings. The topological polar surface area (TPSA) is 26.3 Å². The molecule has 0 aromatic heterocycles. The second-order valence-corrected chi connectivity index (χ2v) is 4.63. The summed E-state index contributed by atoms with van der Waals surface area (Å²) in [5.41, 5.74) is 3.98. The second-order valence-electron chi connectivity index (χ2n) is 4.63. The number of ether oxygens (including phenoxy) is 1. The van der Waals surface area contributed by atoms with Gasteiger partial charge in [-0.2, -0.15) is 0 Å². The SMILES string of the molecule is CCOC(=O)c1cc(C(C)C)c2cccccc1-2. The van der Waals surface area contributed by atoms with Crippen LogP contribution in [0.4, 0.5) is 0 Å². The molecular formula is C16H18O2. The van der Waals surface area contributed by atoms with E-state index < -0.39 is 0 Å². The average molecular weight is 242 g/mol. The smallest absolute Gasteiger partial charge is 0.338 e. The minimum absolute atomic E-state index is 0.236. The van der Waals surface area contributed by atoms with E-state index in [1.165, 1.54) is 5.56 Å². The van der Waals surface area contributed by atoms with E-state index in [1.54, 1.807) is 0 Å². The molecule has 0 unspecified atom stereocenters. The molecule has 0 atom stereocenters. The van der Waals surface area contributed by atoms with Crippen molar-refractivity contribution in [3.8, 4) is 11.1 Å². The highest BCUT2D eigenvalue weighted by molar-refractivity contribution is 6.00. The third-order valence-corrected chi connectivity index (χ3v) is 3.06. The first-order valence-electron chi connectivity index (χ1n) is 6.34. The average Bonchev–Trinajstić information content (AvgIpc) is 2.53. The van der Waals surface area contributed by atoms with Gasteiger partial charge in [0.25, 0.3) is 0 Å². The lowest BCUT2D eigenvalue weighted by molar-refractivity contribution is 0.0527. The van der Waals surface area contributed by atoms with E-state index in [0.29, 0.717) is 18.1 Å². The van der Waals surface area contributed by atoms with Gasteiger partial charge in [-0.25, -0.2) is 4.79 Å². The number of hydrogen-bond donors (Lipinski definition) is 0. The van der Waals surface area contributed by atoms with Crippen molar-refractivity contribution < 1.29 is 9.53 Å². The van der Waals surface area contributed by atoms with Crippen LogP contribution in [0.2, 0.25) is 0 Å². The molecular weight excluding hydrogens is 224 g/mol. The number of fused-ring (bicyclic) bond motifs is 1. The van der Waals surface area contributed by atoms with Gasteiger partial charge in [-0.3, -0.25) is 0 Å². The Morgan fingerprint density at radius 2 is 1.83 bits per heavy atom. The molecule has 0 N–H and O–H groups in total. The summed E-state index contributed by atoms with van der Waals surface area (Å²) in [4.78, 5) is 12.0. The maximum Gasteiger partial charge on any atom is 0.338 e. The van der Waals surface area contributed by atoms with Gasteiger partial charge in [-0.1, -0.05) is 44.2 Å². The van der Waals surface area contributed by atoms with Crippen molar-refractivity contribution in [3.05, 3.63) is 47.5 Å². The van der Waals surface area contributed by atoms with Crippen LogP contribution >= 0.6 is 0 Å². The maximum atomic E-state index is 12.0. The summed E-state index contributed by atoms with van der Waals surface area (Å²) in [5.74, 6) is 0.152. The molecule has 0 bridgehead atoms. The summed E-state index contributed by atoms with van der Waals surface area (Å²) >= 11 is 0. The minimum atomic E-state index is -0.236. The Bertz CT molecular complexity index is 529. The summed E-state index contributed by atoms with van der Waals surface area (Å²) in [6, 6.07) is 11.9. The highest BCUT2D eigenvalue weighted by Gasteiger charge is 2.21. The molecule has 2 rings (SSSR count). The standard InChI is InChI=1S/C16H18O2/c1-4-18-16(17)15-10-14(11(2)3)12-8-6-5-7-9-13(12)15/h5-11H,4H2,1-3H3. The first-order chi connectivity index (χ1) is 8.65. The Labute approximate surface area is 108 Å². The lowest BCUT2D eigenvalue weighted by Gasteiger charge is -2.04. The summed E-state index contributed by atoms with van der Waals surface area (Å²) in [6.45, 7) is 6.50. The highest BCUT2D eigenvalue weighted by atomic mass is 16.5. The van der Waals surface area contributed by atoms with E-state index in [-0.39, 0.29) is 5.97 Å². The molecule has 0 fully saturated rings. The molecule has 0 saturated heterocycles. The van der Waals surface area contributed by atoms with E-state index in [0.717, 1.165) is 11.1 Å². The molecule has 0 saturated carbocycles. The molecule has 0 radical (unpaired) electrons. The maximum absolute atomic E-state index is 12.0. The van der Waals surface area contributed by atoms with Crippen molar-refractivity contribution >= 4 is 5.97 Å². The monoisotopic (exact) mass is 242 g/mol. The quantitative estimate of drug-likeness (QED) is 0.758. The summed E-state index contributed by atoms with van der Waals surface area (Å²) < 4.78 is 5.12. The number of hydrogen-bond acceptors (Lipinski definition) is 2. The van der Waals surface area contributed by atoms with Crippen LogP contribution in [0.15, 0.2) is 36.4 Å². The lowest BCUT2D eigenvalue weighted by atomic mass is 10.0. The van der Waals surface area contributed by atoms with Crippen LogP contribution in [0.5, 0.6) is 0 Å². The van der Waals surface area contributed by atoms with Gasteiger partial charge in [-0.15, -0.1) is 0 Å². The van der Waals surface area contributed by atoms with E-state index in [1.807, 2.05) is 37.3 Å². The Morgan fingerprint density at radius 1 is 1.17 bits per heavy atom. The molecule has 0 aliphatic heterocycles. The fraction of sp³-hybridized carbons (Fsp3) is 0.312. The van der Waals surface area contributed by atoms with Crippen molar-refractivity contribution in [2.45, 2.75) is 26.7 Å². The normalized spacial score (nSPS) is 10.9. The fourth-order valence-corrected chi connectivity index (χ4v) is 2.20. The van der Waals surface area contributed by atoms with Gasteiger partial charge in [-0.05, 0) is 35.6 Å². The van der Waals surface area contributed by atoms with Crippen molar-refractivity contribution in [3.63, 3.8) is 0 Å². The van der Waals surface area contributed by atoms with Gasteiger partial charge < -0.3 is 4.74 Å². The zero-order chi connectivity index (χ0) is 13.1. The van der Waals surface area contributed by atoms with E-state index in [9.17, 15) is 4.79 Å². The Balaban J connectivity index is 2.59. The van der Waals surface area contributed by atoms with Crippen LogP contribution in [0.3, 0.4) is 0 Å². The van der Waals surface area contributed by atoms with Crippen LogP contribution < -0.4 is 0 Å². The van der Waals surface area contributed by atoms with E-state index in [4.69, 9.17) is 4.74 Å². The van der Waals surface area contributed by atoms with Gasteiger partial charge >= 0.3 is 5.97 Å². The number of esters is 1. The molecule has 0 aromatic carbocycles.